The zero-order valence-corrected chi connectivity index (χ0v) is 10.4. The molecule has 1 saturated carbocycles. The third-order valence-corrected chi connectivity index (χ3v) is 3.70. The number of carbonyl (C=O) groups excluding carboxylic acids is 2. The second-order valence-electron chi connectivity index (χ2n) is 4.87. The second-order valence-corrected chi connectivity index (χ2v) is 4.87. The van der Waals surface area contributed by atoms with Gasteiger partial charge in [0.05, 0.1) is 24.4 Å². The predicted octanol–water partition coefficient (Wildman–Crippen LogP) is -1.17. The van der Waals surface area contributed by atoms with Gasteiger partial charge in [-0.15, -0.1) is 0 Å². The number of nitrogens with zero attached hydrogens (tertiary/aromatic N) is 2. The van der Waals surface area contributed by atoms with Crippen LogP contribution in [0.2, 0.25) is 0 Å². The second kappa shape index (κ2) is 4.61. The quantitative estimate of drug-likeness (QED) is 0.638. The predicted molar refractivity (Wildman–Crippen MR) is 63.1 cm³/mol. The van der Waals surface area contributed by atoms with Crippen molar-refractivity contribution in [3.63, 3.8) is 0 Å². The molecule has 1 aromatic heterocycles. The van der Waals surface area contributed by atoms with Crippen LogP contribution in [-0.2, 0) is 9.53 Å². The summed E-state index contributed by atoms with van der Waals surface area (Å²) in [6.45, 7) is 2.13. The van der Waals surface area contributed by atoms with Crippen LogP contribution in [0.15, 0.2) is 6.20 Å². The average molecular weight is 265 g/mol. The van der Waals surface area contributed by atoms with E-state index in [1.165, 1.54) is 13.1 Å². The first-order valence-electron chi connectivity index (χ1n) is 6.22. The molecular weight excluding hydrogens is 250 g/mol. The van der Waals surface area contributed by atoms with Gasteiger partial charge < -0.3 is 15.4 Å². The number of hydrogen-bond donors (Lipinski definition) is 3. The van der Waals surface area contributed by atoms with Gasteiger partial charge in [-0.1, -0.05) is 0 Å². The number of carbonyl (C=O) groups is 2. The highest BCUT2D eigenvalue weighted by Gasteiger charge is 2.55. The summed E-state index contributed by atoms with van der Waals surface area (Å²) in [6.07, 6.45) is 2.26. The summed E-state index contributed by atoms with van der Waals surface area (Å²) in [5.74, 6) is -0.160. The summed E-state index contributed by atoms with van der Waals surface area (Å²) in [5.41, 5.74) is 0.240. The third kappa shape index (κ3) is 2.07. The lowest BCUT2D eigenvalue weighted by Gasteiger charge is -2.47. The largest absolute Gasteiger partial charge is 0.376 e. The summed E-state index contributed by atoms with van der Waals surface area (Å²) >= 11 is 0. The van der Waals surface area contributed by atoms with Crippen molar-refractivity contribution in [1.29, 1.82) is 0 Å². The van der Waals surface area contributed by atoms with Gasteiger partial charge in [-0.25, -0.2) is 0 Å². The zero-order valence-electron chi connectivity index (χ0n) is 10.4. The Hall–Kier alpha value is -1.96. The zero-order chi connectivity index (χ0) is 13.4. The molecule has 1 aliphatic heterocycles. The lowest BCUT2D eigenvalue weighted by Crippen LogP contribution is -2.70. The van der Waals surface area contributed by atoms with Gasteiger partial charge in [0.2, 0.25) is 5.91 Å². The number of nitrogens with one attached hydrogen (secondary N) is 3. The highest BCUT2D eigenvalue weighted by molar-refractivity contribution is 5.92. The van der Waals surface area contributed by atoms with Crippen LogP contribution >= 0.6 is 0 Å². The van der Waals surface area contributed by atoms with E-state index in [-0.39, 0.29) is 41.6 Å². The Morgan fingerprint density at radius 1 is 1.42 bits per heavy atom. The van der Waals surface area contributed by atoms with Crippen LogP contribution < -0.4 is 10.6 Å². The minimum Gasteiger partial charge on any atom is -0.376 e. The molecule has 8 heteroatoms. The topological polar surface area (TPSA) is 109 Å². The number of hydrogen-bond acceptors (Lipinski definition) is 5. The van der Waals surface area contributed by atoms with Crippen LogP contribution in [0.4, 0.5) is 0 Å². The van der Waals surface area contributed by atoms with Gasteiger partial charge in [0.25, 0.3) is 5.91 Å². The van der Waals surface area contributed by atoms with Crippen LogP contribution in [0, 0.1) is 5.92 Å². The van der Waals surface area contributed by atoms with E-state index in [1.807, 2.05) is 0 Å². The summed E-state index contributed by atoms with van der Waals surface area (Å²) in [7, 11) is 0. The van der Waals surface area contributed by atoms with E-state index in [0.29, 0.717) is 6.61 Å². The summed E-state index contributed by atoms with van der Waals surface area (Å²) < 4.78 is 5.57. The number of rotatable bonds is 3. The van der Waals surface area contributed by atoms with E-state index in [4.69, 9.17) is 4.74 Å². The van der Waals surface area contributed by atoms with Crippen molar-refractivity contribution in [3.8, 4) is 0 Å². The van der Waals surface area contributed by atoms with Crippen LogP contribution in [0.3, 0.4) is 0 Å². The van der Waals surface area contributed by atoms with Crippen molar-refractivity contribution in [2.24, 2.45) is 5.92 Å². The van der Waals surface area contributed by atoms with Gasteiger partial charge in [0.1, 0.15) is 0 Å². The fourth-order valence-corrected chi connectivity index (χ4v) is 2.85. The van der Waals surface area contributed by atoms with E-state index in [0.717, 1.165) is 6.42 Å². The Morgan fingerprint density at radius 3 is 2.95 bits per heavy atom. The average Bonchev–Trinajstić information content (AvgIpc) is 3.02. The molecule has 2 aliphatic rings. The molecule has 4 atom stereocenters. The van der Waals surface area contributed by atoms with Crippen molar-refractivity contribution >= 4 is 11.8 Å². The summed E-state index contributed by atoms with van der Waals surface area (Å²) in [6, 6.07) is -0.276. The van der Waals surface area contributed by atoms with Crippen LogP contribution in [0.25, 0.3) is 0 Å². The lowest BCUT2D eigenvalue weighted by atomic mass is 9.71. The smallest absolute Gasteiger partial charge is 0.273 e. The molecule has 102 valence electrons. The molecule has 0 spiro atoms. The van der Waals surface area contributed by atoms with Crippen molar-refractivity contribution in [1.82, 2.24) is 26.0 Å². The third-order valence-electron chi connectivity index (χ3n) is 3.70. The Balaban J connectivity index is 1.68. The Kier molecular flexibility index (Phi) is 2.94. The molecule has 3 rings (SSSR count). The maximum absolute atomic E-state index is 11.9. The molecule has 3 N–H and O–H groups in total. The molecule has 1 saturated heterocycles. The van der Waals surface area contributed by atoms with E-state index in [2.05, 4.69) is 26.0 Å². The molecule has 1 aliphatic carbocycles. The Bertz CT molecular complexity index is 489. The molecule has 2 fully saturated rings. The molecule has 8 nitrogen and oxygen atoms in total. The van der Waals surface area contributed by atoms with E-state index >= 15 is 0 Å². The van der Waals surface area contributed by atoms with E-state index in [1.54, 1.807) is 0 Å². The minimum absolute atomic E-state index is 0.00603. The molecule has 0 unspecified atom stereocenters. The van der Waals surface area contributed by atoms with Gasteiger partial charge in [0, 0.05) is 19.4 Å². The number of fused-ring (bicyclic) bond motifs is 1. The van der Waals surface area contributed by atoms with Gasteiger partial charge in [0.15, 0.2) is 5.69 Å². The fraction of sp³-hybridized carbons (Fsp3) is 0.636. The normalized spacial score (nSPS) is 32.3. The molecule has 0 bridgehead atoms. The van der Waals surface area contributed by atoms with Crippen molar-refractivity contribution in [2.75, 3.05) is 6.61 Å². The number of amides is 2. The molecule has 2 heterocycles. The molecule has 0 radical (unpaired) electrons. The highest BCUT2D eigenvalue weighted by Crippen LogP contribution is 2.39. The Morgan fingerprint density at radius 2 is 2.26 bits per heavy atom. The molecule has 2 amide bonds. The van der Waals surface area contributed by atoms with Crippen molar-refractivity contribution in [3.05, 3.63) is 11.9 Å². The lowest BCUT2D eigenvalue weighted by molar-refractivity contribution is -0.123. The number of aromatic amines is 1. The number of H-pyrrole nitrogens is 1. The van der Waals surface area contributed by atoms with Gasteiger partial charge in [-0.2, -0.15) is 15.4 Å². The standard InChI is InChI=1S/C11H15N5O3/c1-5(17)13-9-8(6-2-3-19-10(6)9)14-11(18)7-4-12-16-15-7/h4,6,8-10H,2-3H2,1H3,(H,13,17)(H,14,18)(H,12,15,16)/t6-,8+,9-,10-/m0/s1. The van der Waals surface area contributed by atoms with Crippen molar-refractivity contribution in [2.45, 2.75) is 31.5 Å². The minimum atomic E-state index is -0.292. The molecule has 19 heavy (non-hydrogen) atoms. The van der Waals surface area contributed by atoms with E-state index in [9.17, 15) is 9.59 Å². The first-order valence-corrected chi connectivity index (χ1v) is 6.22. The first kappa shape index (κ1) is 12.1. The van der Waals surface area contributed by atoms with Crippen LogP contribution in [-0.4, -0.2) is 52.0 Å². The summed E-state index contributed by atoms with van der Waals surface area (Å²) in [4.78, 5) is 23.1. The highest BCUT2D eigenvalue weighted by atomic mass is 16.5. The van der Waals surface area contributed by atoms with Crippen LogP contribution in [0.1, 0.15) is 23.8 Å². The fourth-order valence-electron chi connectivity index (χ4n) is 2.85. The maximum Gasteiger partial charge on any atom is 0.273 e. The van der Waals surface area contributed by atoms with Crippen molar-refractivity contribution < 1.29 is 14.3 Å². The number of aromatic nitrogens is 3. The molecule has 1 aromatic rings. The first-order chi connectivity index (χ1) is 9.16. The van der Waals surface area contributed by atoms with Gasteiger partial charge in [-0.3, -0.25) is 9.59 Å². The number of ether oxygens (including phenoxy) is 1. The summed E-state index contributed by atoms with van der Waals surface area (Å²) in [5, 5.41) is 15.4. The van der Waals surface area contributed by atoms with Gasteiger partial charge >= 0.3 is 0 Å². The maximum atomic E-state index is 11.9. The molecule has 0 aromatic carbocycles. The monoisotopic (exact) mass is 265 g/mol. The van der Waals surface area contributed by atoms with Gasteiger partial charge in [-0.05, 0) is 6.42 Å². The van der Waals surface area contributed by atoms with Crippen LogP contribution in [0.5, 0.6) is 0 Å². The SMILES string of the molecule is CC(=O)N[C@H]1[C@H](NC(=O)c2cn[nH]n2)[C@@H]2CCO[C@@H]21. The molecular formula is C11H15N5O3. The Labute approximate surface area is 109 Å². The van der Waals surface area contributed by atoms with E-state index < -0.39 is 0 Å².